The van der Waals surface area contributed by atoms with E-state index in [1.54, 1.807) is 24.3 Å². The molecule has 1 aliphatic rings. The van der Waals surface area contributed by atoms with E-state index >= 15 is 0 Å². The van der Waals surface area contributed by atoms with Crippen molar-refractivity contribution in [3.8, 4) is 23.0 Å². The second-order valence-electron chi connectivity index (χ2n) is 5.21. The van der Waals surface area contributed by atoms with Gasteiger partial charge in [-0.15, -0.1) is 0 Å². The van der Waals surface area contributed by atoms with Gasteiger partial charge in [-0.3, -0.25) is 4.79 Å². The van der Waals surface area contributed by atoms with E-state index in [1.807, 2.05) is 19.1 Å². The Morgan fingerprint density at radius 1 is 1.23 bits per heavy atom. The first kappa shape index (κ1) is 18.1. The van der Waals surface area contributed by atoms with Crippen LogP contribution in [0.5, 0.6) is 23.0 Å². The van der Waals surface area contributed by atoms with Gasteiger partial charge >= 0.3 is 0 Å². The SMILES string of the molecule is CCOc1cc2c(cc1/C=N/NC(=O)COc1ccc(Br)cc1)OCO2. The zero-order valence-corrected chi connectivity index (χ0v) is 15.6. The van der Waals surface area contributed by atoms with Crippen molar-refractivity contribution in [1.29, 1.82) is 0 Å². The fourth-order valence-electron chi connectivity index (χ4n) is 2.21. The van der Waals surface area contributed by atoms with Gasteiger partial charge in [0.1, 0.15) is 11.5 Å². The molecule has 0 saturated heterocycles. The summed E-state index contributed by atoms with van der Waals surface area (Å²) >= 11 is 3.34. The molecular weight excluding hydrogens is 404 g/mol. The molecule has 0 radical (unpaired) electrons. The molecule has 2 aromatic rings. The second kappa shape index (κ2) is 8.57. The van der Waals surface area contributed by atoms with Crippen molar-refractivity contribution >= 4 is 28.1 Å². The molecule has 0 aliphatic carbocycles. The minimum Gasteiger partial charge on any atom is -0.493 e. The number of hydrazone groups is 1. The van der Waals surface area contributed by atoms with Crippen LogP contribution in [0, 0.1) is 0 Å². The van der Waals surface area contributed by atoms with E-state index in [2.05, 4.69) is 26.5 Å². The van der Waals surface area contributed by atoms with Gasteiger partial charge in [-0.2, -0.15) is 5.10 Å². The zero-order valence-electron chi connectivity index (χ0n) is 14.0. The van der Waals surface area contributed by atoms with E-state index in [1.165, 1.54) is 6.21 Å². The van der Waals surface area contributed by atoms with Gasteiger partial charge in [0.2, 0.25) is 6.79 Å². The molecule has 0 unspecified atom stereocenters. The smallest absolute Gasteiger partial charge is 0.277 e. The van der Waals surface area contributed by atoms with Crippen LogP contribution in [0.4, 0.5) is 0 Å². The third-order valence-electron chi connectivity index (χ3n) is 3.38. The van der Waals surface area contributed by atoms with Gasteiger partial charge in [0.25, 0.3) is 5.91 Å². The molecule has 2 aromatic carbocycles. The van der Waals surface area contributed by atoms with E-state index in [9.17, 15) is 4.79 Å². The monoisotopic (exact) mass is 420 g/mol. The Morgan fingerprint density at radius 2 is 1.96 bits per heavy atom. The number of carbonyl (C=O) groups is 1. The topological polar surface area (TPSA) is 78.4 Å². The molecule has 1 aliphatic heterocycles. The molecule has 0 fully saturated rings. The minimum absolute atomic E-state index is 0.140. The van der Waals surface area contributed by atoms with Crippen LogP contribution in [-0.2, 0) is 4.79 Å². The van der Waals surface area contributed by atoms with E-state index in [0.29, 0.717) is 35.2 Å². The lowest BCUT2D eigenvalue weighted by molar-refractivity contribution is -0.123. The summed E-state index contributed by atoms with van der Waals surface area (Å²) in [6.45, 7) is 2.41. The molecule has 7 nitrogen and oxygen atoms in total. The molecule has 26 heavy (non-hydrogen) atoms. The van der Waals surface area contributed by atoms with Crippen LogP contribution in [0.2, 0.25) is 0 Å². The van der Waals surface area contributed by atoms with Crippen molar-refractivity contribution in [3.05, 3.63) is 46.4 Å². The van der Waals surface area contributed by atoms with Crippen LogP contribution in [0.3, 0.4) is 0 Å². The van der Waals surface area contributed by atoms with Crippen LogP contribution >= 0.6 is 15.9 Å². The molecule has 0 aromatic heterocycles. The number of ether oxygens (including phenoxy) is 4. The maximum absolute atomic E-state index is 11.8. The van der Waals surface area contributed by atoms with Gasteiger partial charge in [-0.25, -0.2) is 5.43 Å². The minimum atomic E-state index is -0.372. The fraction of sp³-hybridized carbons (Fsp3) is 0.222. The molecule has 1 amide bonds. The molecule has 8 heteroatoms. The highest BCUT2D eigenvalue weighted by Crippen LogP contribution is 2.37. The first-order valence-corrected chi connectivity index (χ1v) is 8.71. The predicted molar refractivity (Wildman–Crippen MR) is 99.1 cm³/mol. The normalized spacial score (nSPS) is 12.2. The van der Waals surface area contributed by atoms with Gasteiger partial charge < -0.3 is 18.9 Å². The number of carbonyl (C=O) groups excluding carboxylic acids is 1. The van der Waals surface area contributed by atoms with E-state index < -0.39 is 0 Å². The number of rotatable bonds is 7. The average Bonchev–Trinajstić information content (AvgIpc) is 3.09. The number of amides is 1. The number of nitrogens with zero attached hydrogens (tertiary/aromatic N) is 1. The Labute approximate surface area is 159 Å². The summed E-state index contributed by atoms with van der Waals surface area (Å²) in [6.07, 6.45) is 1.49. The number of hydrogen-bond acceptors (Lipinski definition) is 6. The Balaban J connectivity index is 1.57. The molecule has 1 heterocycles. The van der Waals surface area contributed by atoms with Crippen LogP contribution in [-0.4, -0.2) is 32.1 Å². The predicted octanol–water partition coefficient (Wildman–Crippen LogP) is 3.11. The fourth-order valence-corrected chi connectivity index (χ4v) is 2.47. The van der Waals surface area contributed by atoms with Gasteiger partial charge in [-0.05, 0) is 37.3 Å². The zero-order chi connectivity index (χ0) is 18.4. The third kappa shape index (κ3) is 4.66. The molecule has 136 valence electrons. The third-order valence-corrected chi connectivity index (χ3v) is 3.91. The molecule has 3 rings (SSSR count). The van der Waals surface area contributed by atoms with Gasteiger partial charge in [0.05, 0.1) is 12.8 Å². The van der Waals surface area contributed by atoms with E-state index in [-0.39, 0.29) is 19.3 Å². The lowest BCUT2D eigenvalue weighted by Crippen LogP contribution is -2.24. The second-order valence-corrected chi connectivity index (χ2v) is 6.13. The highest BCUT2D eigenvalue weighted by atomic mass is 79.9. The molecule has 0 bridgehead atoms. The summed E-state index contributed by atoms with van der Waals surface area (Å²) in [5, 5.41) is 3.95. The summed E-state index contributed by atoms with van der Waals surface area (Å²) in [6, 6.07) is 10.7. The quantitative estimate of drug-likeness (QED) is 0.549. The lowest BCUT2D eigenvalue weighted by atomic mass is 10.2. The van der Waals surface area contributed by atoms with Crippen LogP contribution in [0.15, 0.2) is 46.0 Å². The summed E-state index contributed by atoms with van der Waals surface area (Å²) in [4.78, 5) is 11.8. The van der Waals surface area contributed by atoms with Crippen molar-refractivity contribution in [3.63, 3.8) is 0 Å². The number of halogens is 1. The summed E-state index contributed by atoms with van der Waals surface area (Å²) < 4.78 is 22.6. The average molecular weight is 421 g/mol. The standard InChI is InChI=1S/C18H17BrN2O5/c1-2-23-15-8-17-16(25-11-26-17)7-12(15)9-20-21-18(22)10-24-14-5-3-13(19)4-6-14/h3-9H,2,10-11H2,1H3,(H,21,22)/b20-9+. The Hall–Kier alpha value is -2.74. The maximum Gasteiger partial charge on any atom is 0.277 e. The number of fused-ring (bicyclic) bond motifs is 1. The first-order valence-electron chi connectivity index (χ1n) is 7.92. The Kier molecular flexibility index (Phi) is 5.96. The summed E-state index contributed by atoms with van der Waals surface area (Å²) in [5.41, 5.74) is 3.09. The highest BCUT2D eigenvalue weighted by molar-refractivity contribution is 9.10. The van der Waals surface area contributed by atoms with Crippen molar-refractivity contribution in [2.75, 3.05) is 20.0 Å². The first-order chi connectivity index (χ1) is 12.7. The molecular formula is C18H17BrN2O5. The Bertz CT molecular complexity index is 808. The van der Waals surface area contributed by atoms with Gasteiger partial charge in [0.15, 0.2) is 18.1 Å². The van der Waals surface area contributed by atoms with Crippen LogP contribution < -0.4 is 24.4 Å². The van der Waals surface area contributed by atoms with Crippen molar-refractivity contribution in [1.82, 2.24) is 5.43 Å². The van der Waals surface area contributed by atoms with Crippen LogP contribution in [0.25, 0.3) is 0 Å². The Morgan fingerprint density at radius 3 is 2.69 bits per heavy atom. The van der Waals surface area contributed by atoms with Crippen LogP contribution in [0.1, 0.15) is 12.5 Å². The molecule has 0 atom stereocenters. The van der Waals surface area contributed by atoms with Gasteiger partial charge in [-0.1, -0.05) is 15.9 Å². The van der Waals surface area contributed by atoms with Gasteiger partial charge in [0, 0.05) is 16.1 Å². The van der Waals surface area contributed by atoms with Crippen molar-refractivity contribution in [2.24, 2.45) is 5.10 Å². The summed E-state index contributed by atoms with van der Waals surface area (Å²) in [5.74, 6) is 2.06. The van der Waals surface area contributed by atoms with Crippen molar-refractivity contribution < 1.29 is 23.7 Å². The molecule has 1 N–H and O–H groups in total. The van der Waals surface area contributed by atoms with E-state index in [4.69, 9.17) is 18.9 Å². The molecule has 0 saturated carbocycles. The molecule has 0 spiro atoms. The largest absolute Gasteiger partial charge is 0.493 e. The number of benzene rings is 2. The number of hydrogen-bond donors (Lipinski definition) is 1. The summed E-state index contributed by atoms with van der Waals surface area (Å²) in [7, 11) is 0. The van der Waals surface area contributed by atoms with Crippen molar-refractivity contribution in [2.45, 2.75) is 6.92 Å². The van der Waals surface area contributed by atoms with E-state index in [0.717, 1.165) is 4.47 Å². The number of nitrogens with one attached hydrogen (secondary N) is 1. The lowest BCUT2D eigenvalue weighted by Gasteiger charge is -2.08. The maximum atomic E-state index is 11.8. The highest BCUT2D eigenvalue weighted by Gasteiger charge is 2.17.